The van der Waals surface area contributed by atoms with Crippen molar-refractivity contribution in [3.8, 4) is 0 Å². The number of benzene rings is 1. The van der Waals surface area contributed by atoms with Gasteiger partial charge in [0.2, 0.25) is 0 Å². The van der Waals surface area contributed by atoms with E-state index in [-0.39, 0.29) is 0 Å². The smallest absolute Gasteiger partial charge is 0.148 e. The molecule has 1 aliphatic rings. The Labute approximate surface area is 120 Å². The normalized spacial score (nSPS) is 23.5. The van der Waals surface area contributed by atoms with Crippen molar-refractivity contribution in [1.29, 1.82) is 0 Å². The summed E-state index contributed by atoms with van der Waals surface area (Å²) >= 11 is 0. The fourth-order valence-electron chi connectivity index (χ4n) is 3.05. The van der Waals surface area contributed by atoms with Crippen LogP contribution in [0.25, 0.3) is 11.0 Å². The van der Waals surface area contributed by atoms with E-state index in [1.54, 1.807) is 0 Å². The van der Waals surface area contributed by atoms with Crippen LogP contribution in [0.1, 0.15) is 44.7 Å². The predicted molar refractivity (Wildman–Crippen MR) is 83.9 cm³/mol. The van der Waals surface area contributed by atoms with Gasteiger partial charge in [0.1, 0.15) is 5.82 Å². The molecule has 0 spiro atoms. The molecule has 106 valence electrons. The van der Waals surface area contributed by atoms with Crippen LogP contribution in [0, 0.1) is 12.8 Å². The van der Waals surface area contributed by atoms with E-state index in [1.165, 1.54) is 32.1 Å². The van der Waals surface area contributed by atoms with E-state index in [2.05, 4.69) is 17.2 Å². The summed E-state index contributed by atoms with van der Waals surface area (Å²) in [5.41, 5.74) is 2.95. The summed E-state index contributed by atoms with van der Waals surface area (Å²) in [4.78, 5) is 9.40. The number of aromatic nitrogens is 2. The Balaban J connectivity index is 1.81. The molecule has 1 aliphatic carbocycles. The molecule has 2 unspecified atom stereocenters. The fourth-order valence-corrected chi connectivity index (χ4v) is 3.05. The Kier molecular flexibility index (Phi) is 3.86. The van der Waals surface area contributed by atoms with Crippen molar-refractivity contribution in [3.05, 3.63) is 30.0 Å². The molecule has 20 heavy (non-hydrogen) atoms. The van der Waals surface area contributed by atoms with E-state index >= 15 is 0 Å². The standard InChI is InChI=1S/C17H23N3/c1-12-6-5-7-14(11-10-12)19-17-13(2)18-15-8-3-4-9-16(15)20-17/h3-4,8-9,12,14H,5-7,10-11H2,1-2H3,(H,19,20). The fraction of sp³-hybridized carbons (Fsp3) is 0.529. The number of hydrogen-bond acceptors (Lipinski definition) is 3. The SMILES string of the molecule is Cc1nc2ccccc2nc1NC1CCCC(C)CC1. The van der Waals surface area contributed by atoms with Gasteiger partial charge in [-0.05, 0) is 44.2 Å². The van der Waals surface area contributed by atoms with Crippen molar-refractivity contribution in [1.82, 2.24) is 9.97 Å². The zero-order chi connectivity index (χ0) is 13.9. The van der Waals surface area contributed by atoms with Crippen LogP contribution in [0.3, 0.4) is 0 Å². The minimum Gasteiger partial charge on any atom is -0.366 e. The number of anilines is 1. The highest BCUT2D eigenvalue weighted by atomic mass is 15.0. The second-order valence-electron chi connectivity index (χ2n) is 6.10. The number of rotatable bonds is 2. The topological polar surface area (TPSA) is 37.8 Å². The Hall–Kier alpha value is -1.64. The van der Waals surface area contributed by atoms with Gasteiger partial charge in [0, 0.05) is 6.04 Å². The summed E-state index contributed by atoms with van der Waals surface area (Å²) in [6.45, 7) is 4.41. The number of nitrogens with one attached hydrogen (secondary N) is 1. The second kappa shape index (κ2) is 5.78. The van der Waals surface area contributed by atoms with E-state index in [9.17, 15) is 0 Å². The molecule has 0 bridgehead atoms. The maximum Gasteiger partial charge on any atom is 0.148 e. The first-order valence-corrected chi connectivity index (χ1v) is 7.72. The highest BCUT2D eigenvalue weighted by Gasteiger charge is 2.17. The highest BCUT2D eigenvalue weighted by Crippen LogP contribution is 2.25. The third-order valence-corrected chi connectivity index (χ3v) is 4.34. The lowest BCUT2D eigenvalue weighted by atomic mass is 10.0. The lowest BCUT2D eigenvalue weighted by Crippen LogP contribution is -2.20. The third kappa shape index (κ3) is 2.92. The molecule has 1 aromatic heterocycles. The van der Waals surface area contributed by atoms with Crippen LogP contribution < -0.4 is 5.32 Å². The van der Waals surface area contributed by atoms with Gasteiger partial charge in [-0.1, -0.05) is 31.9 Å². The van der Waals surface area contributed by atoms with Crippen molar-refractivity contribution >= 4 is 16.9 Å². The van der Waals surface area contributed by atoms with Crippen LogP contribution in [0.5, 0.6) is 0 Å². The lowest BCUT2D eigenvalue weighted by Gasteiger charge is -2.18. The molecule has 2 atom stereocenters. The molecule has 0 radical (unpaired) electrons. The van der Waals surface area contributed by atoms with Gasteiger partial charge in [-0.2, -0.15) is 0 Å². The van der Waals surface area contributed by atoms with Crippen LogP contribution in [0.15, 0.2) is 24.3 Å². The van der Waals surface area contributed by atoms with Gasteiger partial charge in [0.25, 0.3) is 0 Å². The summed E-state index contributed by atoms with van der Waals surface area (Å²) in [7, 11) is 0. The van der Waals surface area contributed by atoms with Crippen molar-refractivity contribution < 1.29 is 0 Å². The van der Waals surface area contributed by atoms with E-state index < -0.39 is 0 Å². The number of fused-ring (bicyclic) bond motifs is 1. The third-order valence-electron chi connectivity index (χ3n) is 4.34. The van der Waals surface area contributed by atoms with Gasteiger partial charge in [-0.15, -0.1) is 0 Å². The average Bonchev–Trinajstić information content (AvgIpc) is 2.65. The Morgan fingerprint density at radius 1 is 1.00 bits per heavy atom. The number of aryl methyl sites for hydroxylation is 1. The number of nitrogens with zero attached hydrogens (tertiary/aromatic N) is 2. The van der Waals surface area contributed by atoms with Gasteiger partial charge in [0.05, 0.1) is 16.7 Å². The van der Waals surface area contributed by atoms with Crippen molar-refractivity contribution in [2.75, 3.05) is 5.32 Å². The first-order chi connectivity index (χ1) is 9.72. The van der Waals surface area contributed by atoms with E-state index in [0.29, 0.717) is 6.04 Å². The molecule has 1 N–H and O–H groups in total. The van der Waals surface area contributed by atoms with Gasteiger partial charge in [-0.3, -0.25) is 0 Å². The second-order valence-corrected chi connectivity index (χ2v) is 6.10. The van der Waals surface area contributed by atoms with Crippen molar-refractivity contribution in [3.63, 3.8) is 0 Å². The summed E-state index contributed by atoms with van der Waals surface area (Å²) in [6.07, 6.45) is 6.49. The Morgan fingerprint density at radius 2 is 1.75 bits per heavy atom. The number of para-hydroxylation sites is 2. The highest BCUT2D eigenvalue weighted by molar-refractivity contribution is 5.76. The zero-order valence-corrected chi connectivity index (χ0v) is 12.4. The minimum absolute atomic E-state index is 0.550. The first-order valence-electron chi connectivity index (χ1n) is 7.72. The molecule has 1 saturated carbocycles. The monoisotopic (exact) mass is 269 g/mol. The first kappa shape index (κ1) is 13.3. The number of hydrogen-bond donors (Lipinski definition) is 1. The molecular weight excluding hydrogens is 246 g/mol. The van der Waals surface area contributed by atoms with E-state index in [1.807, 2.05) is 31.2 Å². The van der Waals surface area contributed by atoms with Crippen LogP contribution >= 0.6 is 0 Å². The molecule has 1 aromatic carbocycles. The van der Waals surface area contributed by atoms with Crippen LogP contribution in [0.4, 0.5) is 5.82 Å². The minimum atomic E-state index is 0.550. The van der Waals surface area contributed by atoms with Crippen LogP contribution in [0.2, 0.25) is 0 Å². The molecular formula is C17H23N3. The summed E-state index contributed by atoms with van der Waals surface area (Å²) in [5, 5.41) is 3.63. The van der Waals surface area contributed by atoms with Gasteiger partial charge in [-0.25, -0.2) is 9.97 Å². The maximum atomic E-state index is 4.74. The lowest BCUT2D eigenvalue weighted by molar-refractivity contribution is 0.502. The quantitative estimate of drug-likeness (QED) is 0.825. The predicted octanol–water partition coefficient (Wildman–Crippen LogP) is 4.32. The Bertz CT molecular complexity index is 594. The molecule has 3 nitrogen and oxygen atoms in total. The van der Waals surface area contributed by atoms with E-state index in [0.717, 1.165) is 28.5 Å². The van der Waals surface area contributed by atoms with Crippen molar-refractivity contribution in [2.45, 2.75) is 52.0 Å². The van der Waals surface area contributed by atoms with Crippen LogP contribution in [-0.2, 0) is 0 Å². The van der Waals surface area contributed by atoms with Gasteiger partial charge < -0.3 is 5.32 Å². The molecule has 2 aromatic rings. The molecule has 3 heteroatoms. The summed E-state index contributed by atoms with van der Waals surface area (Å²) < 4.78 is 0. The molecule has 0 aliphatic heterocycles. The van der Waals surface area contributed by atoms with E-state index in [4.69, 9.17) is 4.98 Å². The molecule has 3 rings (SSSR count). The zero-order valence-electron chi connectivity index (χ0n) is 12.4. The summed E-state index contributed by atoms with van der Waals surface area (Å²) in [5.74, 6) is 1.83. The van der Waals surface area contributed by atoms with Gasteiger partial charge in [0.15, 0.2) is 0 Å². The summed E-state index contributed by atoms with van der Waals surface area (Å²) in [6, 6.07) is 8.63. The largest absolute Gasteiger partial charge is 0.366 e. The molecule has 0 saturated heterocycles. The Morgan fingerprint density at radius 3 is 2.55 bits per heavy atom. The maximum absolute atomic E-state index is 4.74. The average molecular weight is 269 g/mol. The van der Waals surface area contributed by atoms with Crippen molar-refractivity contribution in [2.24, 2.45) is 5.92 Å². The molecule has 1 fully saturated rings. The molecule has 1 heterocycles. The molecule has 0 amide bonds. The van der Waals surface area contributed by atoms with Crippen LogP contribution in [-0.4, -0.2) is 16.0 Å². The van der Waals surface area contributed by atoms with Gasteiger partial charge >= 0.3 is 0 Å².